The fraction of sp³-hybridized carbons (Fsp3) is 0.385. The molecule has 1 aromatic heterocycles. The lowest BCUT2D eigenvalue weighted by Gasteiger charge is -2.13. The van der Waals surface area contributed by atoms with Crippen molar-refractivity contribution in [2.24, 2.45) is 0 Å². The van der Waals surface area contributed by atoms with E-state index >= 15 is 0 Å². The average Bonchev–Trinajstić information content (AvgIpc) is 2.70. The van der Waals surface area contributed by atoms with Gasteiger partial charge in [0.15, 0.2) is 0 Å². The number of rotatable bonds is 4. The Morgan fingerprint density at radius 2 is 2.13 bits per heavy atom. The Kier molecular flexibility index (Phi) is 3.39. The van der Waals surface area contributed by atoms with Crippen molar-refractivity contribution < 1.29 is 0 Å². The van der Waals surface area contributed by atoms with Crippen molar-refractivity contribution in [1.29, 1.82) is 0 Å². The highest BCUT2D eigenvalue weighted by molar-refractivity contribution is 7.17. The fourth-order valence-electron chi connectivity index (χ4n) is 2.04. The van der Waals surface area contributed by atoms with E-state index in [-0.39, 0.29) is 0 Å². The normalized spacial score (nSPS) is 13.2. The van der Waals surface area contributed by atoms with E-state index in [4.69, 9.17) is 0 Å². The van der Waals surface area contributed by atoms with E-state index in [9.17, 15) is 0 Å². The van der Waals surface area contributed by atoms with Crippen LogP contribution < -0.4 is 5.32 Å². The summed E-state index contributed by atoms with van der Waals surface area (Å²) in [6, 6.07) is 8.68. The van der Waals surface area contributed by atoms with Gasteiger partial charge in [-0.25, -0.2) is 0 Å². The Morgan fingerprint density at radius 3 is 2.87 bits per heavy atom. The molecule has 1 N–H and O–H groups in total. The van der Waals surface area contributed by atoms with Gasteiger partial charge in [0, 0.05) is 11.2 Å². The first kappa shape index (κ1) is 10.7. The van der Waals surface area contributed by atoms with Crippen LogP contribution in [0.3, 0.4) is 0 Å². The largest absolute Gasteiger partial charge is 0.319 e. The number of nitrogens with one attached hydrogen (secondary N) is 1. The lowest BCUT2D eigenvalue weighted by Crippen LogP contribution is -2.16. The standard InChI is InChI=1S/C13H17NS/c1-3-10(8-14-2)12-9-15-13-7-5-4-6-11(12)13/h4-7,9-10,14H,3,8H2,1-2H3. The van der Waals surface area contributed by atoms with Gasteiger partial charge >= 0.3 is 0 Å². The monoisotopic (exact) mass is 219 g/mol. The molecule has 0 fully saturated rings. The quantitative estimate of drug-likeness (QED) is 0.828. The number of likely N-dealkylation sites (N-methyl/N-ethyl adjacent to an activating group) is 1. The van der Waals surface area contributed by atoms with Gasteiger partial charge in [-0.05, 0) is 41.8 Å². The topological polar surface area (TPSA) is 12.0 Å². The Labute approximate surface area is 95.1 Å². The van der Waals surface area contributed by atoms with Gasteiger partial charge < -0.3 is 5.32 Å². The summed E-state index contributed by atoms with van der Waals surface area (Å²) >= 11 is 1.86. The maximum Gasteiger partial charge on any atom is 0.0345 e. The van der Waals surface area contributed by atoms with Gasteiger partial charge in [0.05, 0.1) is 0 Å². The molecular formula is C13H17NS. The van der Waals surface area contributed by atoms with Crippen LogP contribution in [0.15, 0.2) is 29.6 Å². The Balaban J connectivity index is 2.41. The molecule has 0 bridgehead atoms. The number of fused-ring (bicyclic) bond motifs is 1. The molecule has 0 spiro atoms. The van der Waals surface area contributed by atoms with Gasteiger partial charge in [-0.1, -0.05) is 25.1 Å². The zero-order chi connectivity index (χ0) is 10.7. The molecule has 1 atom stereocenters. The van der Waals surface area contributed by atoms with Crippen LogP contribution in [0.25, 0.3) is 10.1 Å². The van der Waals surface area contributed by atoms with Crippen molar-refractivity contribution in [3.05, 3.63) is 35.2 Å². The maximum absolute atomic E-state index is 3.28. The van der Waals surface area contributed by atoms with Gasteiger partial charge in [0.2, 0.25) is 0 Å². The summed E-state index contributed by atoms with van der Waals surface area (Å²) in [5.74, 6) is 0.645. The van der Waals surface area contributed by atoms with Gasteiger partial charge in [-0.3, -0.25) is 0 Å². The molecule has 0 aliphatic carbocycles. The second kappa shape index (κ2) is 4.77. The minimum atomic E-state index is 0.645. The first-order chi connectivity index (χ1) is 7.36. The van der Waals surface area contributed by atoms with E-state index in [1.807, 2.05) is 18.4 Å². The lowest BCUT2D eigenvalue weighted by atomic mass is 9.96. The van der Waals surface area contributed by atoms with Gasteiger partial charge in [0.1, 0.15) is 0 Å². The van der Waals surface area contributed by atoms with E-state index in [2.05, 4.69) is 41.9 Å². The van der Waals surface area contributed by atoms with Gasteiger partial charge in [-0.15, -0.1) is 11.3 Å². The van der Waals surface area contributed by atoms with Crippen LogP contribution in [0.2, 0.25) is 0 Å². The molecular weight excluding hydrogens is 202 g/mol. The van der Waals surface area contributed by atoms with Crippen LogP contribution in [0.5, 0.6) is 0 Å². The third-order valence-corrected chi connectivity index (χ3v) is 3.88. The molecule has 0 aliphatic heterocycles. The van der Waals surface area contributed by atoms with Crippen molar-refractivity contribution in [1.82, 2.24) is 5.32 Å². The summed E-state index contributed by atoms with van der Waals surface area (Å²) in [6.45, 7) is 3.33. The van der Waals surface area contributed by atoms with Crippen molar-refractivity contribution in [2.45, 2.75) is 19.3 Å². The van der Waals surface area contributed by atoms with Crippen LogP contribution in [0.4, 0.5) is 0 Å². The zero-order valence-electron chi connectivity index (χ0n) is 9.29. The summed E-state index contributed by atoms with van der Waals surface area (Å²) in [4.78, 5) is 0. The maximum atomic E-state index is 3.28. The van der Waals surface area contributed by atoms with Crippen molar-refractivity contribution in [2.75, 3.05) is 13.6 Å². The molecule has 0 saturated carbocycles. The first-order valence-corrected chi connectivity index (χ1v) is 6.35. The molecule has 2 aromatic rings. The average molecular weight is 219 g/mol. The Bertz CT molecular complexity index is 433. The van der Waals surface area contributed by atoms with Crippen molar-refractivity contribution >= 4 is 21.4 Å². The van der Waals surface area contributed by atoms with E-state index in [1.165, 1.54) is 22.1 Å². The predicted molar refractivity (Wildman–Crippen MR) is 68.8 cm³/mol. The minimum absolute atomic E-state index is 0.645. The molecule has 0 amide bonds. The summed E-state index contributed by atoms with van der Waals surface area (Å²) in [5, 5.41) is 7.03. The molecule has 15 heavy (non-hydrogen) atoms. The number of thiophene rings is 1. The predicted octanol–water partition coefficient (Wildman–Crippen LogP) is 3.61. The minimum Gasteiger partial charge on any atom is -0.319 e. The van der Waals surface area contributed by atoms with E-state index in [0.29, 0.717) is 5.92 Å². The van der Waals surface area contributed by atoms with E-state index in [1.54, 1.807) is 0 Å². The highest BCUT2D eigenvalue weighted by atomic mass is 32.1. The summed E-state index contributed by atoms with van der Waals surface area (Å²) in [5.41, 5.74) is 1.51. The van der Waals surface area contributed by atoms with Crippen molar-refractivity contribution in [3.8, 4) is 0 Å². The fourth-order valence-corrected chi connectivity index (χ4v) is 3.08. The summed E-state index contributed by atoms with van der Waals surface area (Å²) in [6.07, 6.45) is 1.20. The summed E-state index contributed by atoms with van der Waals surface area (Å²) < 4.78 is 1.40. The van der Waals surface area contributed by atoms with Crippen LogP contribution in [-0.4, -0.2) is 13.6 Å². The molecule has 1 aromatic carbocycles. The first-order valence-electron chi connectivity index (χ1n) is 5.47. The molecule has 80 valence electrons. The Morgan fingerprint density at radius 1 is 1.33 bits per heavy atom. The third kappa shape index (κ3) is 2.06. The smallest absolute Gasteiger partial charge is 0.0345 e. The second-order valence-electron chi connectivity index (χ2n) is 3.85. The van der Waals surface area contributed by atoms with Gasteiger partial charge in [-0.2, -0.15) is 0 Å². The number of hydrogen-bond donors (Lipinski definition) is 1. The SMILES string of the molecule is CCC(CNC)c1csc2ccccc12. The highest BCUT2D eigenvalue weighted by Crippen LogP contribution is 2.32. The van der Waals surface area contributed by atoms with Crippen LogP contribution in [0, 0.1) is 0 Å². The molecule has 1 heterocycles. The van der Waals surface area contributed by atoms with Crippen LogP contribution in [0.1, 0.15) is 24.8 Å². The van der Waals surface area contributed by atoms with Crippen LogP contribution in [-0.2, 0) is 0 Å². The van der Waals surface area contributed by atoms with Crippen molar-refractivity contribution in [3.63, 3.8) is 0 Å². The van der Waals surface area contributed by atoms with E-state index in [0.717, 1.165) is 6.54 Å². The molecule has 2 rings (SSSR count). The molecule has 1 nitrogen and oxygen atoms in total. The van der Waals surface area contributed by atoms with Gasteiger partial charge in [0.25, 0.3) is 0 Å². The molecule has 0 aliphatic rings. The molecule has 0 radical (unpaired) electrons. The van der Waals surface area contributed by atoms with E-state index < -0.39 is 0 Å². The number of hydrogen-bond acceptors (Lipinski definition) is 2. The zero-order valence-corrected chi connectivity index (χ0v) is 10.1. The lowest BCUT2D eigenvalue weighted by molar-refractivity contribution is 0.617. The molecule has 1 unspecified atom stereocenters. The molecule has 0 saturated heterocycles. The third-order valence-electron chi connectivity index (χ3n) is 2.89. The summed E-state index contributed by atoms with van der Waals surface area (Å²) in [7, 11) is 2.03. The Hall–Kier alpha value is -0.860. The highest BCUT2D eigenvalue weighted by Gasteiger charge is 2.12. The molecule has 2 heteroatoms. The number of benzene rings is 1. The van der Waals surface area contributed by atoms with Crippen LogP contribution >= 0.6 is 11.3 Å². The second-order valence-corrected chi connectivity index (χ2v) is 4.76.